The van der Waals surface area contributed by atoms with E-state index in [0.717, 1.165) is 4.47 Å². The van der Waals surface area contributed by atoms with E-state index in [-0.39, 0.29) is 18.5 Å². The van der Waals surface area contributed by atoms with Gasteiger partial charge in [0.1, 0.15) is 0 Å². The Bertz CT molecular complexity index is 549. The second-order valence-electron chi connectivity index (χ2n) is 5.05. The smallest absolute Gasteiger partial charge is 0.308 e. The van der Waals surface area contributed by atoms with Gasteiger partial charge in [0.2, 0.25) is 0 Å². The number of carboxylic acid groups (broad SMARTS) is 1. The number of hydrogen-bond donors (Lipinski definition) is 1. The molecule has 1 amide bonds. The van der Waals surface area contributed by atoms with Crippen LogP contribution >= 0.6 is 27.5 Å². The molecule has 1 saturated heterocycles. The third-order valence-electron chi connectivity index (χ3n) is 3.66. The van der Waals surface area contributed by atoms with Crippen molar-refractivity contribution in [1.29, 1.82) is 0 Å². The third-order valence-corrected chi connectivity index (χ3v) is 4.89. The molecule has 0 aliphatic carbocycles. The molecule has 2 atom stereocenters. The number of carbonyl (C=O) groups is 2. The van der Waals surface area contributed by atoms with Crippen LogP contribution in [0.4, 0.5) is 0 Å². The fourth-order valence-electron chi connectivity index (χ4n) is 2.39. The first-order valence-electron chi connectivity index (χ1n) is 6.39. The van der Waals surface area contributed by atoms with E-state index >= 15 is 0 Å². The fraction of sp³-hybridized carbons (Fsp3) is 0.429. The normalized spacial score (nSPS) is 22.6. The van der Waals surface area contributed by atoms with Crippen molar-refractivity contribution in [1.82, 2.24) is 4.90 Å². The van der Waals surface area contributed by atoms with Crippen molar-refractivity contribution in [2.75, 3.05) is 6.54 Å². The highest BCUT2D eigenvalue weighted by molar-refractivity contribution is 9.10. The van der Waals surface area contributed by atoms with Crippen LogP contribution in [0, 0.1) is 5.92 Å². The highest BCUT2D eigenvalue weighted by atomic mass is 79.9. The van der Waals surface area contributed by atoms with E-state index in [9.17, 15) is 9.59 Å². The monoisotopic (exact) mass is 359 g/mol. The average Bonchev–Trinajstić information content (AvgIpc) is 2.41. The largest absolute Gasteiger partial charge is 0.481 e. The lowest BCUT2D eigenvalue weighted by molar-refractivity contribution is -0.143. The first-order valence-corrected chi connectivity index (χ1v) is 7.56. The summed E-state index contributed by atoms with van der Waals surface area (Å²) in [6.07, 6.45) is 1.31. The second kappa shape index (κ2) is 6.14. The number of benzene rings is 1. The Labute approximate surface area is 130 Å². The predicted octanol–water partition coefficient (Wildman–Crippen LogP) is 3.43. The van der Waals surface area contributed by atoms with Crippen LogP contribution in [0.25, 0.3) is 0 Å². The molecule has 2 unspecified atom stereocenters. The Morgan fingerprint density at radius 3 is 2.70 bits per heavy atom. The van der Waals surface area contributed by atoms with Crippen LogP contribution in [0.15, 0.2) is 22.7 Å². The molecule has 0 spiro atoms. The van der Waals surface area contributed by atoms with E-state index in [4.69, 9.17) is 16.7 Å². The average molecular weight is 361 g/mol. The number of piperidine rings is 1. The maximum Gasteiger partial charge on any atom is 0.308 e. The van der Waals surface area contributed by atoms with Gasteiger partial charge in [-0.05, 0) is 53.9 Å². The summed E-state index contributed by atoms with van der Waals surface area (Å²) < 4.78 is 0.728. The molecule has 1 N–H and O–H groups in total. The molecule has 1 aliphatic rings. The fourth-order valence-corrected chi connectivity index (χ4v) is 2.81. The SMILES string of the molecule is CC1CCC(C(=O)O)CN1C(=O)c1ccc(Br)c(Cl)c1. The molecular formula is C14H15BrClNO3. The molecular weight excluding hydrogens is 346 g/mol. The number of likely N-dealkylation sites (tertiary alicyclic amines) is 1. The molecule has 1 aliphatic heterocycles. The van der Waals surface area contributed by atoms with Gasteiger partial charge in [0.15, 0.2) is 0 Å². The van der Waals surface area contributed by atoms with E-state index in [0.29, 0.717) is 23.4 Å². The standard InChI is InChI=1S/C14H15BrClNO3/c1-8-2-3-10(14(19)20)7-17(8)13(18)9-4-5-11(15)12(16)6-9/h4-6,8,10H,2-3,7H2,1H3,(H,19,20). The van der Waals surface area contributed by atoms with Gasteiger partial charge < -0.3 is 10.0 Å². The van der Waals surface area contributed by atoms with Gasteiger partial charge in [-0.3, -0.25) is 9.59 Å². The molecule has 1 fully saturated rings. The van der Waals surface area contributed by atoms with Crippen molar-refractivity contribution in [3.8, 4) is 0 Å². The Morgan fingerprint density at radius 1 is 1.40 bits per heavy atom. The van der Waals surface area contributed by atoms with Crippen LogP contribution in [-0.4, -0.2) is 34.5 Å². The molecule has 1 aromatic rings. The summed E-state index contributed by atoms with van der Waals surface area (Å²) in [6.45, 7) is 2.19. The Kier molecular flexibility index (Phi) is 4.70. The van der Waals surface area contributed by atoms with Crippen LogP contribution in [0.3, 0.4) is 0 Å². The minimum atomic E-state index is -0.844. The minimum absolute atomic E-state index is 0.0422. The quantitative estimate of drug-likeness (QED) is 0.879. The van der Waals surface area contributed by atoms with Gasteiger partial charge in [0.05, 0.1) is 10.9 Å². The molecule has 0 radical (unpaired) electrons. The van der Waals surface area contributed by atoms with Crippen LogP contribution in [0.1, 0.15) is 30.1 Å². The summed E-state index contributed by atoms with van der Waals surface area (Å²) in [7, 11) is 0. The summed E-state index contributed by atoms with van der Waals surface area (Å²) in [6, 6.07) is 5.06. The number of aliphatic carboxylic acids is 1. The van der Waals surface area contributed by atoms with Crippen molar-refractivity contribution in [3.63, 3.8) is 0 Å². The number of hydrogen-bond acceptors (Lipinski definition) is 2. The number of amides is 1. The van der Waals surface area contributed by atoms with Crippen molar-refractivity contribution in [2.24, 2.45) is 5.92 Å². The molecule has 2 rings (SSSR count). The van der Waals surface area contributed by atoms with Gasteiger partial charge >= 0.3 is 5.97 Å². The van der Waals surface area contributed by atoms with Gasteiger partial charge in [-0.2, -0.15) is 0 Å². The minimum Gasteiger partial charge on any atom is -0.481 e. The number of nitrogens with zero attached hydrogens (tertiary/aromatic N) is 1. The molecule has 4 nitrogen and oxygen atoms in total. The molecule has 6 heteroatoms. The van der Waals surface area contributed by atoms with Crippen LogP contribution < -0.4 is 0 Å². The van der Waals surface area contributed by atoms with Gasteiger partial charge in [-0.15, -0.1) is 0 Å². The van der Waals surface area contributed by atoms with E-state index in [1.54, 1.807) is 23.1 Å². The molecule has 20 heavy (non-hydrogen) atoms. The molecule has 0 aromatic heterocycles. The van der Waals surface area contributed by atoms with E-state index in [2.05, 4.69) is 15.9 Å². The van der Waals surface area contributed by atoms with Gasteiger partial charge in [-0.25, -0.2) is 0 Å². The van der Waals surface area contributed by atoms with Crippen LogP contribution in [-0.2, 0) is 4.79 Å². The molecule has 0 bridgehead atoms. The first kappa shape index (κ1) is 15.3. The lowest BCUT2D eigenvalue weighted by Crippen LogP contribution is -2.47. The van der Waals surface area contributed by atoms with Gasteiger partial charge in [0, 0.05) is 22.6 Å². The van der Waals surface area contributed by atoms with Crippen molar-refractivity contribution in [3.05, 3.63) is 33.3 Å². The van der Waals surface area contributed by atoms with E-state index < -0.39 is 11.9 Å². The number of carbonyl (C=O) groups excluding carboxylic acids is 1. The van der Waals surface area contributed by atoms with Crippen molar-refractivity contribution < 1.29 is 14.7 Å². The zero-order valence-corrected chi connectivity index (χ0v) is 13.3. The van der Waals surface area contributed by atoms with Crippen molar-refractivity contribution >= 4 is 39.4 Å². The highest BCUT2D eigenvalue weighted by Gasteiger charge is 2.33. The van der Waals surface area contributed by atoms with E-state index in [1.807, 2.05) is 6.92 Å². The summed E-state index contributed by atoms with van der Waals surface area (Å²) >= 11 is 9.28. The maximum atomic E-state index is 12.5. The molecule has 0 saturated carbocycles. The molecule has 1 aromatic carbocycles. The topological polar surface area (TPSA) is 57.6 Å². The Morgan fingerprint density at radius 2 is 2.10 bits per heavy atom. The van der Waals surface area contributed by atoms with Crippen LogP contribution in [0.2, 0.25) is 5.02 Å². The first-order chi connectivity index (χ1) is 9.40. The number of halogens is 2. The summed E-state index contributed by atoms with van der Waals surface area (Å²) in [4.78, 5) is 25.2. The highest BCUT2D eigenvalue weighted by Crippen LogP contribution is 2.27. The number of rotatable bonds is 2. The second-order valence-corrected chi connectivity index (χ2v) is 6.31. The zero-order chi connectivity index (χ0) is 14.9. The Hall–Kier alpha value is -1.07. The predicted molar refractivity (Wildman–Crippen MR) is 80.0 cm³/mol. The lowest BCUT2D eigenvalue weighted by Gasteiger charge is -2.36. The lowest BCUT2D eigenvalue weighted by atomic mass is 9.93. The Balaban J connectivity index is 2.21. The van der Waals surface area contributed by atoms with E-state index in [1.165, 1.54) is 0 Å². The third kappa shape index (κ3) is 3.15. The van der Waals surface area contributed by atoms with Crippen LogP contribution in [0.5, 0.6) is 0 Å². The van der Waals surface area contributed by atoms with Crippen molar-refractivity contribution in [2.45, 2.75) is 25.8 Å². The molecule has 1 heterocycles. The molecule has 108 valence electrons. The summed E-state index contributed by atoms with van der Waals surface area (Å²) in [5.74, 6) is -1.50. The maximum absolute atomic E-state index is 12.5. The zero-order valence-electron chi connectivity index (χ0n) is 11.0. The van der Waals surface area contributed by atoms with Gasteiger partial charge in [-0.1, -0.05) is 11.6 Å². The number of carboxylic acids is 1. The summed E-state index contributed by atoms with van der Waals surface area (Å²) in [5.41, 5.74) is 0.482. The van der Waals surface area contributed by atoms with Gasteiger partial charge in [0.25, 0.3) is 5.91 Å². The summed E-state index contributed by atoms with van der Waals surface area (Å²) in [5, 5.41) is 9.58.